The Morgan fingerprint density at radius 1 is 0.955 bits per heavy atom. The second-order valence-corrected chi connectivity index (χ2v) is 8.04. The first-order valence-corrected chi connectivity index (χ1v) is 9.38. The van der Waals surface area contributed by atoms with E-state index >= 15 is 0 Å². The maximum absolute atomic E-state index is 10.8. The molecule has 2 saturated heterocycles. The Balaban J connectivity index is 1.38. The molecule has 1 aliphatic carbocycles. The molecule has 4 nitrogen and oxygen atoms in total. The van der Waals surface area contributed by atoms with Gasteiger partial charge in [0.05, 0.1) is 18.8 Å². The molecule has 0 aromatic carbocycles. The maximum Gasteiger partial charge on any atom is 0.0774 e. The van der Waals surface area contributed by atoms with Crippen LogP contribution in [0.15, 0.2) is 0 Å². The molecular weight excluding hydrogens is 276 g/mol. The highest BCUT2D eigenvalue weighted by atomic mass is 16.5. The summed E-state index contributed by atoms with van der Waals surface area (Å²) in [7, 11) is 0. The Hall–Kier alpha value is -0.160. The summed E-state index contributed by atoms with van der Waals surface area (Å²) in [6.45, 7) is 10.9. The number of likely N-dealkylation sites (tertiary alicyclic amines) is 1. The van der Waals surface area contributed by atoms with Gasteiger partial charge in [-0.25, -0.2) is 0 Å². The molecule has 2 heterocycles. The fraction of sp³-hybridized carbons (Fsp3) is 1.00. The number of hydrogen-bond acceptors (Lipinski definition) is 4. The molecule has 1 N–H and O–H groups in total. The van der Waals surface area contributed by atoms with Crippen molar-refractivity contribution in [1.82, 2.24) is 9.80 Å². The average molecular weight is 310 g/mol. The van der Waals surface area contributed by atoms with Crippen molar-refractivity contribution in [3.63, 3.8) is 0 Å². The van der Waals surface area contributed by atoms with Crippen LogP contribution in [0, 0.1) is 11.8 Å². The SMILES string of the molecule is CC1CCC(O)(CN2CCC(CN3CCOCC3)CC2)CC1. The van der Waals surface area contributed by atoms with Crippen molar-refractivity contribution in [3.8, 4) is 0 Å². The van der Waals surface area contributed by atoms with Crippen molar-refractivity contribution in [3.05, 3.63) is 0 Å². The van der Waals surface area contributed by atoms with Gasteiger partial charge in [0, 0.05) is 26.2 Å². The van der Waals surface area contributed by atoms with E-state index in [0.29, 0.717) is 0 Å². The first kappa shape index (κ1) is 16.7. The number of aliphatic hydroxyl groups is 1. The summed E-state index contributed by atoms with van der Waals surface area (Å²) in [4.78, 5) is 5.09. The van der Waals surface area contributed by atoms with Crippen LogP contribution < -0.4 is 0 Å². The van der Waals surface area contributed by atoms with Gasteiger partial charge in [-0.2, -0.15) is 0 Å². The van der Waals surface area contributed by atoms with Gasteiger partial charge in [0.2, 0.25) is 0 Å². The fourth-order valence-corrected chi connectivity index (χ4v) is 4.35. The molecule has 1 saturated carbocycles. The second kappa shape index (κ2) is 7.61. The van der Waals surface area contributed by atoms with Gasteiger partial charge in [-0.3, -0.25) is 4.90 Å². The molecule has 3 aliphatic rings. The zero-order valence-corrected chi connectivity index (χ0v) is 14.3. The Morgan fingerprint density at radius 3 is 2.23 bits per heavy atom. The molecule has 4 heteroatoms. The number of ether oxygens (including phenoxy) is 1. The summed E-state index contributed by atoms with van der Waals surface area (Å²) < 4.78 is 5.43. The van der Waals surface area contributed by atoms with Crippen molar-refractivity contribution in [2.45, 2.75) is 51.0 Å². The zero-order valence-electron chi connectivity index (χ0n) is 14.3. The van der Waals surface area contributed by atoms with Crippen LogP contribution in [0.1, 0.15) is 45.4 Å². The third-order valence-corrected chi connectivity index (χ3v) is 6.05. The van der Waals surface area contributed by atoms with Crippen LogP contribution in [0.25, 0.3) is 0 Å². The van der Waals surface area contributed by atoms with Crippen LogP contribution in [-0.2, 0) is 4.74 Å². The summed E-state index contributed by atoms with van der Waals surface area (Å²) in [5, 5.41) is 10.8. The number of β-amino-alcohol motifs (C(OH)–C–C–N with tert-alkyl or cyclic N) is 1. The van der Waals surface area contributed by atoms with Crippen molar-refractivity contribution in [1.29, 1.82) is 0 Å². The molecule has 0 amide bonds. The lowest BCUT2D eigenvalue weighted by molar-refractivity contribution is -0.0428. The lowest BCUT2D eigenvalue weighted by atomic mass is 9.79. The molecule has 0 radical (unpaired) electrons. The topological polar surface area (TPSA) is 35.9 Å². The molecule has 128 valence electrons. The highest BCUT2D eigenvalue weighted by Crippen LogP contribution is 2.33. The summed E-state index contributed by atoms with van der Waals surface area (Å²) in [6, 6.07) is 0. The second-order valence-electron chi connectivity index (χ2n) is 8.04. The minimum atomic E-state index is -0.399. The van der Waals surface area contributed by atoms with E-state index in [2.05, 4.69) is 16.7 Å². The predicted octanol–water partition coefficient (Wildman–Crippen LogP) is 1.97. The van der Waals surface area contributed by atoms with Crippen LogP contribution in [0.4, 0.5) is 0 Å². The number of piperidine rings is 1. The molecule has 0 bridgehead atoms. The van der Waals surface area contributed by atoms with Crippen molar-refractivity contribution in [2.24, 2.45) is 11.8 Å². The highest BCUT2D eigenvalue weighted by molar-refractivity contribution is 4.89. The monoisotopic (exact) mass is 310 g/mol. The average Bonchev–Trinajstić information content (AvgIpc) is 2.54. The molecule has 2 aliphatic heterocycles. The molecule has 0 spiro atoms. The first-order valence-electron chi connectivity index (χ1n) is 9.38. The summed E-state index contributed by atoms with van der Waals surface area (Å²) in [5.41, 5.74) is -0.399. The first-order chi connectivity index (χ1) is 10.6. The quantitative estimate of drug-likeness (QED) is 0.861. The largest absolute Gasteiger partial charge is 0.389 e. The third kappa shape index (κ3) is 4.67. The van der Waals surface area contributed by atoms with E-state index in [9.17, 15) is 5.11 Å². The minimum Gasteiger partial charge on any atom is -0.389 e. The third-order valence-electron chi connectivity index (χ3n) is 6.05. The van der Waals surface area contributed by atoms with Crippen molar-refractivity contribution < 1.29 is 9.84 Å². The van der Waals surface area contributed by atoms with E-state index in [1.54, 1.807) is 0 Å². The van der Waals surface area contributed by atoms with Gasteiger partial charge >= 0.3 is 0 Å². The number of morpholine rings is 1. The highest BCUT2D eigenvalue weighted by Gasteiger charge is 2.34. The van der Waals surface area contributed by atoms with Crippen molar-refractivity contribution >= 4 is 0 Å². The molecule has 0 atom stereocenters. The van der Waals surface area contributed by atoms with E-state index in [1.807, 2.05) is 0 Å². The van der Waals surface area contributed by atoms with Crippen LogP contribution in [-0.4, -0.2) is 73.0 Å². The van der Waals surface area contributed by atoms with Gasteiger partial charge in [0.25, 0.3) is 0 Å². The standard InChI is InChI=1S/C18H34N2O2/c1-16-2-6-18(21,7-3-16)15-20-8-4-17(5-9-20)14-19-10-12-22-13-11-19/h16-17,21H,2-15H2,1H3. The Kier molecular flexibility index (Phi) is 5.77. The molecule has 0 aromatic heterocycles. The van der Waals surface area contributed by atoms with E-state index in [4.69, 9.17) is 4.74 Å². The fourth-order valence-electron chi connectivity index (χ4n) is 4.35. The summed E-state index contributed by atoms with van der Waals surface area (Å²) >= 11 is 0. The molecular formula is C18H34N2O2. The minimum absolute atomic E-state index is 0.399. The van der Waals surface area contributed by atoms with Crippen LogP contribution in [0.5, 0.6) is 0 Å². The maximum atomic E-state index is 10.8. The van der Waals surface area contributed by atoms with Gasteiger partial charge in [-0.05, 0) is 63.5 Å². The summed E-state index contributed by atoms with van der Waals surface area (Å²) in [5.74, 6) is 1.65. The Labute approximate surface area is 135 Å². The molecule has 0 unspecified atom stereocenters. The number of nitrogens with zero attached hydrogens (tertiary/aromatic N) is 2. The lowest BCUT2D eigenvalue weighted by Gasteiger charge is -2.42. The lowest BCUT2D eigenvalue weighted by Crippen LogP contribution is -2.49. The van der Waals surface area contributed by atoms with Crippen LogP contribution in [0.3, 0.4) is 0 Å². The van der Waals surface area contributed by atoms with E-state index in [1.165, 1.54) is 45.3 Å². The smallest absolute Gasteiger partial charge is 0.0774 e. The normalized spacial score (nSPS) is 36.5. The van der Waals surface area contributed by atoms with E-state index < -0.39 is 5.60 Å². The number of hydrogen-bond donors (Lipinski definition) is 1. The Morgan fingerprint density at radius 2 is 1.59 bits per heavy atom. The molecule has 3 rings (SSSR count). The van der Waals surface area contributed by atoms with Gasteiger partial charge < -0.3 is 14.7 Å². The van der Waals surface area contributed by atoms with Crippen LogP contribution in [0.2, 0.25) is 0 Å². The zero-order chi connectivity index (χ0) is 15.4. The molecule has 0 aromatic rings. The van der Waals surface area contributed by atoms with E-state index in [0.717, 1.165) is 57.5 Å². The van der Waals surface area contributed by atoms with Gasteiger partial charge in [-0.1, -0.05) is 6.92 Å². The summed E-state index contributed by atoms with van der Waals surface area (Å²) in [6.07, 6.45) is 6.99. The number of rotatable bonds is 4. The Bertz CT molecular complexity index is 328. The van der Waals surface area contributed by atoms with E-state index in [-0.39, 0.29) is 0 Å². The van der Waals surface area contributed by atoms with Crippen molar-refractivity contribution in [2.75, 3.05) is 52.5 Å². The van der Waals surface area contributed by atoms with Crippen LogP contribution >= 0.6 is 0 Å². The molecule has 3 fully saturated rings. The predicted molar refractivity (Wildman–Crippen MR) is 89.0 cm³/mol. The van der Waals surface area contributed by atoms with Gasteiger partial charge in [0.15, 0.2) is 0 Å². The molecule has 22 heavy (non-hydrogen) atoms. The van der Waals surface area contributed by atoms with Gasteiger partial charge in [0.1, 0.15) is 0 Å². The van der Waals surface area contributed by atoms with Gasteiger partial charge in [-0.15, -0.1) is 0 Å².